The van der Waals surface area contributed by atoms with E-state index in [1.54, 1.807) is 0 Å². The van der Waals surface area contributed by atoms with Crippen LogP contribution in [0.2, 0.25) is 0 Å². The first-order valence-electron chi connectivity index (χ1n) is 5.68. The quantitative estimate of drug-likeness (QED) is 0.625. The van der Waals surface area contributed by atoms with Crippen molar-refractivity contribution in [1.29, 1.82) is 0 Å². The molecule has 1 saturated heterocycles. The van der Waals surface area contributed by atoms with E-state index in [0.29, 0.717) is 0 Å². The van der Waals surface area contributed by atoms with Crippen LogP contribution < -0.4 is 11.3 Å². The molecule has 1 aliphatic rings. The third kappa shape index (κ3) is 2.24. The van der Waals surface area contributed by atoms with E-state index in [0.717, 1.165) is 5.69 Å². The molecule has 0 bridgehead atoms. The first-order valence-corrected chi connectivity index (χ1v) is 6.67. The summed E-state index contributed by atoms with van der Waals surface area (Å²) in [6.45, 7) is 4.29. The van der Waals surface area contributed by atoms with Crippen molar-refractivity contribution in [2.24, 2.45) is 5.84 Å². The molecule has 0 saturated carbocycles. The van der Waals surface area contributed by atoms with Gasteiger partial charge in [0.25, 0.3) is 0 Å². The Hall–Kier alpha value is -0.580. The summed E-state index contributed by atoms with van der Waals surface area (Å²) in [7, 11) is 0. The maximum atomic E-state index is 5.72. The van der Waals surface area contributed by atoms with Crippen molar-refractivity contribution >= 4 is 11.8 Å². The second kappa shape index (κ2) is 4.73. The molecular weight excluding hydrogens is 218 g/mol. The molecule has 1 aromatic rings. The predicted octanol–water partition coefficient (Wildman–Crippen LogP) is 2.18. The van der Waals surface area contributed by atoms with Gasteiger partial charge in [-0.1, -0.05) is 6.07 Å². The number of aryl methyl sites for hydroxylation is 1. The van der Waals surface area contributed by atoms with Gasteiger partial charge < -0.3 is 0 Å². The Bertz CT molecular complexity index is 344. The molecule has 0 aliphatic carbocycles. The summed E-state index contributed by atoms with van der Waals surface area (Å²) in [5.74, 6) is 6.95. The van der Waals surface area contributed by atoms with Crippen LogP contribution in [0.15, 0.2) is 18.3 Å². The summed E-state index contributed by atoms with van der Waals surface area (Å²) in [5, 5.41) is 0. The van der Waals surface area contributed by atoms with Crippen LogP contribution >= 0.6 is 11.8 Å². The van der Waals surface area contributed by atoms with Gasteiger partial charge in [0.2, 0.25) is 0 Å². The van der Waals surface area contributed by atoms with Crippen molar-refractivity contribution in [3.05, 3.63) is 29.6 Å². The molecule has 2 unspecified atom stereocenters. The second-order valence-corrected chi connectivity index (χ2v) is 6.23. The van der Waals surface area contributed by atoms with E-state index >= 15 is 0 Å². The number of thioether (sulfide) groups is 1. The summed E-state index contributed by atoms with van der Waals surface area (Å²) < 4.78 is 0.200. The van der Waals surface area contributed by atoms with Gasteiger partial charge in [0.05, 0.1) is 6.04 Å². The molecule has 2 heterocycles. The minimum absolute atomic E-state index is 0.188. The average molecular weight is 237 g/mol. The fourth-order valence-corrected chi connectivity index (χ4v) is 3.72. The van der Waals surface area contributed by atoms with Crippen LogP contribution in [-0.2, 0) is 0 Å². The number of pyridine rings is 1. The van der Waals surface area contributed by atoms with E-state index in [2.05, 4.69) is 23.4 Å². The average Bonchev–Trinajstić information content (AvgIpc) is 2.70. The largest absolute Gasteiger partial charge is 0.271 e. The standard InChI is InChI=1S/C12H19N3S/c1-9-4-5-10(8-14-9)11(15-13)12(2)6-3-7-16-12/h4-5,8,11,15H,3,6-7,13H2,1-2H3. The number of rotatable bonds is 3. The number of hydrogen-bond acceptors (Lipinski definition) is 4. The van der Waals surface area contributed by atoms with Crippen LogP contribution in [0.25, 0.3) is 0 Å². The molecule has 1 fully saturated rings. The Morgan fingerprint density at radius 3 is 2.88 bits per heavy atom. The first kappa shape index (κ1) is 11.9. The number of aromatic nitrogens is 1. The smallest absolute Gasteiger partial charge is 0.0619 e. The molecule has 0 radical (unpaired) electrons. The summed E-state index contributed by atoms with van der Waals surface area (Å²) >= 11 is 2.01. The van der Waals surface area contributed by atoms with Crippen molar-refractivity contribution in [1.82, 2.24) is 10.4 Å². The van der Waals surface area contributed by atoms with Crippen molar-refractivity contribution in [2.75, 3.05) is 5.75 Å². The highest BCUT2D eigenvalue weighted by atomic mass is 32.2. The topological polar surface area (TPSA) is 50.9 Å². The van der Waals surface area contributed by atoms with E-state index < -0.39 is 0 Å². The lowest BCUT2D eigenvalue weighted by molar-refractivity contribution is 0.420. The van der Waals surface area contributed by atoms with Gasteiger partial charge in [-0.05, 0) is 44.1 Å². The van der Waals surface area contributed by atoms with Gasteiger partial charge in [-0.2, -0.15) is 11.8 Å². The molecule has 0 spiro atoms. The Kier molecular flexibility index (Phi) is 3.52. The fraction of sp³-hybridized carbons (Fsp3) is 0.583. The van der Waals surface area contributed by atoms with Gasteiger partial charge >= 0.3 is 0 Å². The van der Waals surface area contributed by atoms with Crippen LogP contribution in [0.3, 0.4) is 0 Å². The SMILES string of the molecule is Cc1ccc(C(NN)C2(C)CCCS2)cn1. The molecular formula is C12H19N3S. The zero-order chi connectivity index (χ0) is 11.6. The molecule has 0 aromatic carbocycles. The number of nitrogens with zero attached hydrogens (tertiary/aromatic N) is 1. The number of hydrazine groups is 1. The number of nitrogens with one attached hydrogen (secondary N) is 1. The first-order chi connectivity index (χ1) is 7.65. The van der Waals surface area contributed by atoms with Crippen LogP contribution in [0.5, 0.6) is 0 Å². The van der Waals surface area contributed by atoms with Gasteiger partial charge in [-0.25, -0.2) is 0 Å². The minimum atomic E-state index is 0.188. The normalized spacial score (nSPS) is 26.9. The lowest BCUT2D eigenvalue weighted by Crippen LogP contribution is -2.41. The Labute approximate surface area is 101 Å². The molecule has 88 valence electrons. The van der Waals surface area contributed by atoms with Crippen molar-refractivity contribution in [3.63, 3.8) is 0 Å². The molecule has 2 atom stereocenters. The lowest BCUT2D eigenvalue weighted by atomic mass is 9.91. The summed E-state index contributed by atoms with van der Waals surface area (Å²) in [6, 6.07) is 4.35. The van der Waals surface area contributed by atoms with Crippen molar-refractivity contribution < 1.29 is 0 Å². The van der Waals surface area contributed by atoms with Crippen molar-refractivity contribution in [3.8, 4) is 0 Å². The Balaban J connectivity index is 2.25. The molecule has 16 heavy (non-hydrogen) atoms. The molecule has 2 rings (SSSR count). The number of nitrogens with two attached hydrogens (primary N) is 1. The molecule has 1 aliphatic heterocycles. The highest BCUT2D eigenvalue weighted by molar-refractivity contribution is 8.00. The van der Waals surface area contributed by atoms with E-state index in [-0.39, 0.29) is 10.8 Å². The van der Waals surface area contributed by atoms with Gasteiger partial charge in [-0.15, -0.1) is 0 Å². The minimum Gasteiger partial charge on any atom is -0.271 e. The fourth-order valence-electron chi connectivity index (χ4n) is 2.30. The zero-order valence-corrected chi connectivity index (χ0v) is 10.7. The van der Waals surface area contributed by atoms with E-state index in [1.165, 1.54) is 24.2 Å². The van der Waals surface area contributed by atoms with Gasteiger partial charge in [0.1, 0.15) is 0 Å². The monoisotopic (exact) mass is 237 g/mol. The van der Waals surface area contributed by atoms with Gasteiger partial charge in [-0.3, -0.25) is 16.3 Å². The molecule has 3 nitrogen and oxygen atoms in total. The maximum Gasteiger partial charge on any atom is 0.0619 e. The summed E-state index contributed by atoms with van der Waals surface area (Å²) in [6.07, 6.45) is 4.42. The maximum absolute atomic E-state index is 5.72. The molecule has 0 amide bonds. The molecule has 3 N–H and O–H groups in total. The van der Waals surface area contributed by atoms with Crippen LogP contribution in [0, 0.1) is 6.92 Å². The lowest BCUT2D eigenvalue weighted by Gasteiger charge is -2.32. The Morgan fingerprint density at radius 1 is 1.56 bits per heavy atom. The van der Waals surface area contributed by atoms with Crippen molar-refractivity contribution in [2.45, 2.75) is 37.5 Å². The highest BCUT2D eigenvalue weighted by Gasteiger charge is 2.38. The van der Waals surface area contributed by atoms with Gasteiger partial charge in [0.15, 0.2) is 0 Å². The zero-order valence-electron chi connectivity index (χ0n) is 9.86. The highest BCUT2D eigenvalue weighted by Crippen LogP contribution is 2.46. The Morgan fingerprint density at radius 2 is 2.38 bits per heavy atom. The van der Waals surface area contributed by atoms with E-state index in [9.17, 15) is 0 Å². The van der Waals surface area contributed by atoms with Crippen LogP contribution in [-0.4, -0.2) is 15.5 Å². The third-order valence-electron chi connectivity index (χ3n) is 3.29. The van der Waals surface area contributed by atoms with Gasteiger partial charge in [0, 0.05) is 16.6 Å². The van der Waals surface area contributed by atoms with Crippen LogP contribution in [0.1, 0.15) is 37.1 Å². The molecule has 4 heteroatoms. The summed E-state index contributed by atoms with van der Waals surface area (Å²) in [4.78, 5) is 4.35. The third-order valence-corrected chi connectivity index (χ3v) is 4.89. The van der Waals surface area contributed by atoms with Crippen LogP contribution in [0.4, 0.5) is 0 Å². The van der Waals surface area contributed by atoms with E-state index in [4.69, 9.17) is 5.84 Å². The molecule has 1 aromatic heterocycles. The van der Waals surface area contributed by atoms with E-state index in [1.807, 2.05) is 30.9 Å². The summed E-state index contributed by atoms with van der Waals surface area (Å²) in [5.41, 5.74) is 5.19. The predicted molar refractivity (Wildman–Crippen MR) is 69.1 cm³/mol. The number of hydrogen-bond donors (Lipinski definition) is 2. The second-order valence-electron chi connectivity index (χ2n) is 4.60.